The molecule has 2 rings (SSSR count). The minimum atomic E-state index is -0.168. The Bertz CT molecular complexity index is 332. The second kappa shape index (κ2) is 3.24. The van der Waals surface area contributed by atoms with Crippen LogP contribution < -0.4 is 10.5 Å². The lowest BCUT2D eigenvalue weighted by molar-refractivity contribution is 0.238. The zero-order valence-electron chi connectivity index (χ0n) is 8.66. The van der Waals surface area contributed by atoms with Gasteiger partial charge in [-0.3, -0.25) is 4.98 Å². The van der Waals surface area contributed by atoms with Gasteiger partial charge < -0.3 is 10.5 Å². The zero-order chi connectivity index (χ0) is 10.2. The summed E-state index contributed by atoms with van der Waals surface area (Å²) in [7, 11) is 0. The molecule has 1 heterocycles. The SMILES string of the molecule is CC(C)Oc1ccncc1C1(N)CC1. The highest BCUT2D eigenvalue weighted by Crippen LogP contribution is 2.46. The molecule has 0 atom stereocenters. The number of aromatic nitrogens is 1. The Morgan fingerprint density at radius 1 is 1.50 bits per heavy atom. The highest BCUT2D eigenvalue weighted by Gasteiger charge is 2.42. The van der Waals surface area contributed by atoms with Gasteiger partial charge >= 0.3 is 0 Å². The number of hydrogen-bond donors (Lipinski definition) is 1. The first-order chi connectivity index (χ1) is 6.62. The second-order valence-corrected chi connectivity index (χ2v) is 4.19. The van der Waals surface area contributed by atoms with Gasteiger partial charge in [-0.1, -0.05) is 0 Å². The van der Waals surface area contributed by atoms with Crippen molar-refractivity contribution in [1.82, 2.24) is 4.98 Å². The van der Waals surface area contributed by atoms with Gasteiger partial charge in [0.1, 0.15) is 5.75 Å². The summed E-state index contributed by atoms with van der Waals surface area (Å²) in [5.41, 5.74) is 7.01. The van der Waals surface area contributed by atoms with Crippen LogP contribution in [0, 0.1) is 0 Å². The van der Waals surface area contributed by atoms with E-state index in [-0.39, 0.29) is 11.6 Å². The molecule has 1 fully saturated rings. The largest absolute Gasteiger partial charge is 0.491 e. The molecular formula is C11H16N2O. The van der Waals surface area contributed by atoms with Gasteiger partial charge in [0.2, 0.25) is 0 Å². The molecule has 1 aromatic heterocycles. The Labute approximate surface area is 84.3 Å². The van der Waals surface area contributed by atoms with E-state index in [0.29, 0.717) is 0 Å². The van der Waals surface area contributed by atoms with Gasteiger partial charge in [-0.25, -0.2) is 0 Å². The number of nitrogens with zero attached hydrogens (tertiary/aromatic N) is 1. The molecule has 14 heavy (non-hydrogen) atoms. The molecule has 0 spiro atoms. The molecule has 0 saturated heterocycles. The summed E-state index contributed by atoms with van der Waals surface area (Å²) >= 11 is 0. The van der Waals surface area contributed by atoms with Gasteiger partial charge in [0, 0.05) is 23.5 Å². The number of rotatable bonds is 3. The van der Waals surface area contributed by atoms with Crippen molar-refractivity contribution < 1.29 is 4.74 Å². The topological polar surface area (TPSA) is 48.1 Å². The first-order valence-electron chi connectivity index (χ1n) is 5.02. The third-order valence-electron chi connectivity index (χ3n) is 2.47. The van der Waals surface area contributed by atoms with E-state index in [1.165, 1.54) is 0 Å². The summed E-state index contributed by atoms with van der Waals surface area (Å²) in [5, 5.41) is 0. The van der Waals surface area contributed by atoms with E-state index in [1.807, 2.05) is 26.1 Å². The minimum Gasteiger partial charge on any atom is -0.491 e. The van der Waals surface area contributed by atoms with E-state index >= 15 is 0 Å². The average molecular weight is 192 g/mol. The van der Waals surface area contributed by atoms with Gasteiger partial charge in [0.05, 0.1) is 6.10 Å². The van der Waals surface area contributed by atoms with Crippen molar-refractivity contribution in [3.05, 3.63) is 24.0 Å². The molecule has 0 unspecified atom stereocenters. The Kier molecular flexibility index (Phi) is 2.19. The first-order valence-corrected chi connectivity index (χ1v) is 5.02. The van der Waals surface area contributed by atoms with Crippen LogP contribution in [-0.2, 0) is 5.54 Å². The lowest BCUT2D eigenvalue weighted by Gasteiger charge is -2.17. The van der Waals surface area contributed by atoms with Gasteiger partial charge in [-0.2, -0.15) is 0 Å². The van der Waals surface area contributed by atoms with Gasteiger partial charge in [0.15, 0.2) is 0 Å². The van der Waals surface area contributed by atoms with E-state index in [0.717, 1.165) is 24.2 Å². The summed E-state index contributed by atoms with van der Waals surface area (Å²) in [5.74, 6) is 0.884. The normalized spacial score (nSPS) is 18.3. The minimum absolute atomic E-state index is 0.168. The maximum atomic E-state index is 6.12. The van der Waals surface area contributed by atoms with Crippen LogP contribution in [0.3, 0.4) is 0 Å². The fraction of sp³-hybridized carbons (Fsp3) is 0.545. The molecule has 1 aliphatic carbocycles. The number of ether oxygens (including phenoxy) is 1. The summed E-state index contributed by atoms with van der Waals surface area (Å²) in [4.78, 5) is 4.10. The van der Waals surface area contributed by atoms with Crippen LogP contribution in [-0.4, -0.2) is 11.1 Å². The third-order valence-corrected chi connectivity index (χ3v) is 2.47. The molecule has 0 aromatic carbocycles. The molecule has 0 radical (unpaired) electrons. The highest BCUT2D eigenvalue weighted by molar-refractivity contribution is 5.39. The molecule has 0 bridgehead atoms. The number of nitrogens with two attached hydrogens (primary N) is 1. The molecule has 3 nitrogen and oxygen atoms in total. The Morgan fingerprint density at radius 3 is 2.79 bits per heavy atom. The summed E-state index contributed by atoms with van der Waals surface area (Å²) in [6.07, 6.45) is 5.82. The van der Waals surface area contributed by atoms with Gasteiger partial charge in [-0.05, 0) is 32.8 Å². The molecule has 1 aliphatic rings. The molecule has 3 heteroatoms. The van der Waals surface area contributed by atoms with Crippen LogP contribution >= 0.6 is 0 Å². The van der Waals surface area contributed by atoms with Crippen LogP contribution in [0.5, 0.6) is 5.75 Å². The van der Waals surface area contributed by atoms with E-state index < -0.39 is 0 Å². The maximum Gasteiger partial charge on any atom is 0.127 e. The van der Waals surface area contributed by atoms with Crippen molar-refractivity contribution in [3.8, 4) is 5.75 Å². The monoisotopic (exact) mass is 192 g/mol. The molecular weight excluding hydrogens is 176 g/mol. The van der Waals surface area contributed by atoms with Crippen LogP contribution in [0.25, 0.3) is 0 Å². The van der Waals surface area contributed by atoms with E-state index in [1.54, 1.807) is 6.20 Å². The predicted molar refractivity (Wildman–Crippen MR) is 55.1 cm³/mol. The number of pyridine rings is 1. The first kappa shape index (κ1) is 9.46. The fourth-order valence-corrected chi connectivity index (χ4v) is 1.52. The van der Waals surface area contributed by atoms with Crippen molar-refractivity contribution in [3.63, 3.8) is 0 Å². The Balaban J connectivity index is 2.29. The van der Waals surface area contributed by atoms with Gasteiger partial charge in [-0.15, -0.1) is 0 Å². The number of hydrogen-bond acceptors (Lipinski definition) is 3. The van der Waals surface area contributed by atoms with Crippen LogP contribution in [0.15, 0.2) is 18.5 Å². The summed E-state index contributed by atoms with van der Waals surface area (Å²) < 4.78 is 5.69. The highest BCUT2D eigenvalue weighted by atomic mass is 16.5. The van der Waals surface area contributed by atoms with Crippen LogP contribution in [0.4, 0.5) is 0 Å². The molecule has 0 aliphatic heterocycles. The van der Waals surface area contributed by atoms with Crippen molar-refractivity contribution in [2.45, 2.75) is 38.3 Å². The smallest absolute Gasteiger partial charge is 0.127 e. The molecule has 1 aromatic rings. The second-order valence-electron chi connectivity index (χ2n) is 4.19. The predicted octanol–water partition coefficient (Wildman–Crippen LogP) is 1.82. The lowest BCUT2D eigenvalue weighted by atomic mass is 10.1. The van der Waals surface area contributed by atoms with E-state index in [4.69, 9.17) is 10.5 Å². The molecule has 2 N–H and O–H groups in total. The standard InChI is InChI=1S/C11H16N2O/c1-8(2)14-10-3-6-13-7-9(10)11(12)4-5-11/h3,6-8H,4-5,12H2,1-2H3. The molecule has 76 valence electrons. The van der Waals surface area contributed by atoms with Crippen molar-refractivity contribution >= 4 is 0 Å². The van der Waals surface area contributed by atoms with Crippen molar-refractivity contribution in [1.29, 1.82) is 0 Å². The van der Waals surface area contributed by atoms with E-state index in [2.05, 4.69) is 4.98 Å². The Hall–Kier alpha value is -1.09. The fourth-order valence-electron chi connectivity index (χ4n) is 1.52. The Morgan fingerprint density at radius 2 is 2.21 bits per heavy atom. The van der Waals surface area contributed by atoms with Crippen LogP contribution in [0.2, 0.25) is 0 Å². The molecule has 1 saturated carbocycles. The molecule has 0 amide bonds. The third kappa shape index (κ3) is 1.73. The van der Waals surface area contributed by atoms with Crippen molar-refractivity contribution in [2.24, 2.45) is 5.73 Å². The van der Waals surface area contributed by atoms with Gasteiger partial charge in [0.25, 0.3) is 0 Å². The quantitative estimate of drug-likeness (QED) is 0.794. The average Bonchev–Trinajstić information content (AvgIpc) is 2.84. The van der Waals surface area contributed by atoms with Crippen LogP contribution in [0.1, 0.15) is 32.3 Å². The van der Waals surface area contributed by atoms with E-state index in [9.17, 15) is 0 Å². The summed E-state index contributed by atoms with van der Waals surface area (Å²) in [6.45, 7) is 4.03. The summed E-state index contributed by atoms with van der Waals surface area (Å²) in [6, 6.07) is 1.89. The zero-order valence-corrected chi connectivity index (χ0v) is 8.66. The van der Waals surface area contributed by atoms with Crippen molar-refractivity contribution in [2.75, 3.05) is 0 Å². The lowest BCUT2D eigenvalue weighted by Crippen LogP contribution is -2.21. The maximum absolute atomic E-state index is 6.12.